The second-order valence-electron chi connectivity index (χ2n) is 7.88. The minimum absolute atomic E-state index is 0.0471. The van der Waals surface area contributed by atoms with Gasteiger partial charge in [-0.3, -0.25) is 4.79 Å². The number of rotatable bonds is 6. The number of aliphatic hydroxyl groups is 1. The summed E-state index contributed by atoms with van der Waals surface area (Å²) in [4.78, 5) is 14.4. The fraction of sp³-hybridized carbons (Fsp3) is 0.409. The first kappa shape index (κ1) is 19.0. The maximum Gasteiger partial charge on any atom is 0.256 e. The Kier molecular flexibility index (Phi) is 4.93. The largest absolute Gasteiger partial charge is 0.379 e. The van der Waals surface area contributed by atoms with Crippen molar-refractivity contribution in [3.05, 3.63) is 71.3 Å². The predicted octanol–water partition coefficient (Wildman–Crippen LogP) is 3.10. The highest BCUT2D eigenvalue weighted by Gasteiger charge is 2.48. The zero-order valence-corrected chi connectivity index (χ0v) is 15.6. The summed E-state index contributed by atoms with van der Waals surface area (Å²) >= 11 is 0. The highest BCUT2D eigenvalue weighted by Crippen LogP contribution is 2.45. The van der Waals surface area contributed by atoms with Gasteiger partial charge in [0.05, 0.1) is 0 Å². The highest BCUT2D eigenvalue weighted by atomic mass is 19.2. The lowest BCUT2D eigenvalue weighted by molar-refractivity contribution is -0.157. The number of nitrogens with zero attached hydrogens (tertiary/aromatic N) is 1. The lowest BCUT2D eigenvalue weighted by Gasteiger charge is -2.39. The Morgan fingerprint density at radius 1 is 1.04 bits per heavy atom. The van der Waals surface area contributed by atoms with Crippen LogP contribution >= 0.6 is 0 Å². The van der Waals surface area contributed by atoms with Gasteiger partial charge in [0.1, 0.15) is 0 Å². The molecular weight excluding hydrogens is 362 g/mol. The number of hydrogen-bond acceptors (Lipinski definition) is 3. The van der Waals surface area contributed by atoms with Crippen LogP contribution in [-0.2, 0) is 16.9 Å². The number of hydrogen-bond donors (Lipinski definition) is 2. The summed E-state index contributed by atoms with van der Waals surface area (Å²) in [6.07, 6.45) is 2.88. The van der Waals surface area contributed by atoms with Gasteiger partial charge in [0, 0.05) is 30.7 Å². The molecule has 4 rings (SSSR count). The van der Waals surface area contributed by atoms with Crippen LogP contribution in [0.3, 0.4) is 0 Å². The van der Waals surface area contributed by atoms with Gasteiger partial charge in [0.2, 0.25) is 0 Å². The van der Waals surface area contributed by atoms with Crippen molar-refractivity contribution in [2.24, 2.45) is 0 Å². The standard InChI is InChI=1S/C22H24F2N2O2/c23-18-9-4-6-16(19(18)24)14-26-13-5-10-22(28,20(26)27)15-25-21(11-12-21)17-7-2-1-3-8-17/h1-4,6-9,25,28H,5,10-15H2/t22-/m0/s1. The molecule has 6 heteroatoms. The van der Waals surface area contributed by atoms with E-state index in [4.69, 9.17) is 0 Å². The number of carbonyl (C=O) groups is 1. The molecule has 28 heavy (non-hydrogen) atoms. The fourth-order valence-electron chi connectivity index (χ4n) is 4.02. The third-order valence-corrected chi connectivity index (χ3v) is 5.89. The topological polar surface area (TPSA) is 52.6 Å². The van der Waals surface area contributed by atoms with Crippen LogP contribution in [0.25, 0.3) is 0 Å². The third-order valence-electron chi connectivity index (χ3n) is 5.89. The number of piperidine rings is 1. The summed E-state index contributed by atoms with van der Waals surface area (Å²) in [6, 6.07) is 14.0. The van der Waals surface area contributed by atoms with E-state index in [9.17, 15) is 18.7 Å². The molecule has 148 valence electrons. The molecule has 1 amide bonds. The molecule has 4 nitrogen and oxygen atoms in total. The van der Waals surface area contributed by atoms with Gasteiger partial charge in [-0.15, -0.1) is 0 Å². The zero-order chi connectivity index (χ0) is 19.8. The molecule has 0 spiro atoms. The summed E-state index contributed by atoms with van der Waals surface area (Å²) in [5.41, 5.74) is -0.449. The van der Waals surface area contributed by atoms with Crippen LogP contribution < -0.4 is 5.32 Å². The predicted molar refractivity (Wildman–Crippen MR) is 101 cm³/mol. The van der Waals surface area contributed by atoms with Gasteiger partial charge in [0.15, 0.2) is 17.2 Å². The average molecular weight is 386 g/mol. The van der Waals surface area contributed by atoms with Crippen LogP contribution in [0.4, 0.5) is 8.78 Å². The Morgan fingerprint density at radius 2 is 1.79 bits per heavy atom. The van der Waals surface area contributed by atoms with Crippen molar-refractivity contribution >= 4 is 5.91 Å². The Balaban J connectivity index is 1.45. The monoisotopic (exact) mass is 386 g/mol. The molecule has 1 heterocycles. The van der Waals surface area contributed by atoms with E-state index in [1.807, 2.05) is 30.3 Å². The first-order valence-electron chi connectivity index (χ1n) is 9.69. The molecule has 1 saturated heterocycles. The van der Waals surface area contributed by atoms with Crippen LogP contribution in [0.2, 0.25) is 0 Å². The van der Waals surface area contributed by atoms with Crippen LogP contribution in [-0.4, -0.2) is 34.6 Å². The molecule has 1 aliphatic carbocycles. The van der Waals surface area contributed by atoms with Crippen LogP contribution in [0.1, 0.15) is 36.8 Å². The molecular formula is C22H24F2N2O2. The lowest BCUT2D eigenvalue weighted by atomic mass is 9.90. The van der Waals surface area contributed by atoms with Crippen molar-refractivity contribution in [3.63, 3.8) is 0 Å². The van der Waals surface area contributed by atoms with E-state index in [-0.39, 0.29) is 24.2 Å². The summed E-state index contributed by atoms with van der Waals surface area (Å²) in [6.45, 7) is 0.512. The van der Waals surface area contributed by atoms with E-state index >= 15 is 0 Å². The van der Waals surface area contributed by atoms with Gasteiger partial charge >= 0.3 is 0 Å². The summed E-state index contributed by atoms with van der Waals surface area (Å²) in [5, 5.41) is 14.4. The first-order valence-corrected chi connectivity index (χ1v) is 9.69. The normalized spacial score (nSPS) is 23.7. The maximum absolute atomic E-state index is 14.0. The van der Waals surface area contributed by atoms with E-state index in [1.54, 1.807) is 0 Å². The third kappa shape index (κ3) is 3.54. The highest BCUT2D eigenvalue weighted by molar-refractivity contribution is 5.86. The van der Waals surface area contributed by atoms with Gasteiger partial charge in [-0.2, -0.15) is 0 Å². The molecule has 0 radical (unpaired) electrons. The fourth-order valence-corrected chi connectivity index (χ4v) is 4.02. The molecule has 0 aromatic heterocycles. The van der Waals surface area contributed by atoms with Crippen LogP contribution in [0.5, 0.6) is 0 Å². The molecule has 2 aromatic rings. The van der Waals surface area contributed by atoms with Crippen LogP contribution in [0.15, 0.2) is 48.5 Å². The number of halogens is 2. The van der Waals surface area contributed by atoms with E-state index < -0.39 is 23.1 Å². The summed E-state index contributed by atoms with van der Waals surface area (Å²) in [7, 11) is 0. The van der Waals surface area contributed by atoms with Gasteiger partial charge in [-0.1, -0.05) is 42.5 Å². The number of likely N-dealkylation sites (tertiary alicyclic amines) is 1. The summed E-state index contributed by atoms with van der Waals surface area (Å²) in [5.74, 6) is -2.31. The van der Waals surface area contributed by atoms with E-state index in [0.717, 1.165) is 24.5 Å². The van der Waals surface area contributed by atoms with Crippen molar-refractivity contribution < 1.29 is 18.7 Å². The van der Waals surface area contributed by atoms with Gasteiger partial charge < -0.3 is 15.3 Å². The number of benzene rings is 2. The first-order chi connectivity index (χ1) is 13.4. The number of nitrogens with one attached hydrogen (secondary N) is 1. The quantitative estimate of drug-likeness (QED) is 0.802. The second-order valence-corrected chi connectivity index (χ2v) is 7.88. The van der Waals surface area contributed by atoms with E-state index in [2.05, 4.69) is 5.32 Å². The molecule has 1 atom stereocenters. The van der Waals surface area contributed by atoms with Crippen molar-refractivity contribution in [2.45, 2.75) is 43.4 Å². The Hall–Kier alpha value is -2.31. The number of amides is 1. The number of carbonyl (C=O) groups excluding carboxylic acids is 1. The molecule has 2 fully saturated rings. The zero-order valence-electron chi connectivity index (χ0n) is 15.6. The van der Waals surface area contributed by atoms with E-state index in [1.165, 1.54) is 17.0 Å². The molecule has 0 unspecified atom stereocenters. The maximum atomic E-state index is 14.0. The second kappa shape index (κ2) is 7.26. The van der Waals surface area contributed by atoms with Crippen molar-refractivity contribution in [1.82, 2.24) is 10.2 Å². The van der Waals surface area contributed by atoms with Crippen LogP contribution in [0, 0.1) is 11.6 Å². The summed E-state index contributed by atoms with van der Waals surface area (Å²) < 4.78 is 27.5. The van der Waals surface area contributed by atoms with Gasteiger partial charge in [-0.05, 0) is 37.3 Å². The SMILES string of the molecule is O=C1N(Cc2cccc(F)c2F)CCC[C@]1(O)CNC1(c2ccccc2)CC1. The molecule has 1 aliphatic heterocycles. The van der Waals surface area contributed by atoms with Crippen molar-refractivity contribution in [2.75, 3.05) is 13.1 Å². The smallest absolute Gasteiger partial charge is 0.256 e. The molecule has 1 saturated carbocycles. The Morgan fingerprint density at radius 3 is 2.50 bits per heavy atom. The average Bonchev–Trinajstić information content (AvgIpc) is 3.50. The molecule has 2 aliphatic rings. The minimum atomic E-state index is -1.54. The molecule has 0 bridgehead atoms. The van der Waals surface area contributed by atoms with E-state index in [0.29, 0.717) is 19.4 Å². The van der Waals surface area contributed by atoms with Gasteiger partial charge in [-0.25, -0.2) is 8.78 Å². The van der Waals surface area contributed by atoms with Crippen molar-refractivity contribution in [1.29, 1.82) is 0 Å². The molecule has 2 N–H and O–H groups in total. The Labute approximate surface area is 163 Å². The molecule has 2 aromatic carbocycles. The Bertz CT molecular complexity index is 870. The van der Waals surface area contributed by atoms with Crippen molar-refractivity contribution in [3.8, 4) is 0 Å². The minimum Gasteiger partial charge on any atom is -0.379 e. The lowest BCUT2D eigenvalue weighted by Crippen LogP contribution is -2.58. The van der Waals surface area contributed by atoms with Gasteiger partial charge in [0.25, 0.3) is 5.91 Å².